The van der Waals surface area contributed by atoms with E-state index in [1.165, 1.54) is 6.21 Å². The third-order valence-electron chi connectivity index (χ3n) is 0.360. The molecule has 6 N–H and O–H groups in total. The van der Waals surface area contributed by atoms with Crippen LogP contribution in [-0.2, 0) is 0 Å². The maximum absolute atomic E-state index is 5.01. The largest absolute Gasteiger partial charge is 0.369 e. The van der Waals surface area contributed by atoms with Gasteiger partial charge in [-0.15, -0.1) is 5.10 Å². The molecule has 0 heterocycles. The van der Waals surface area contributed by atoms with Crippen LogP contribution in [0.1, 0.15) is 0 Å². The van der Waals surface area contributed by atoms with Crippen LogP contribution in [0.5, 0.6) is 0 Å². The summed E-state index contributed by atoms with van der Waals surface area (Å²) in [5.74, 6) is -0.0605. The lowest BCUT2D eigenvalue weighted by Gasteiger charge is -1.80. The van der Waals surface area contributed by atoms with Crippen molar-refractivity contribution in [1.29, 1.82) is 0 Å². The van der Waals surface area contributed by atoms with E-state index in [1.807, 2.05) is 0 Å². The summed E-state index contributed by atoms with van der Waals surface area (Å²) in [6.45, 7) is 0.344. The fourth-order valence-electron chi connectivity index (χ4n) is 0.155. The van der Waals surface area contributed by atoms with E-state index in [0.29, 0.717) is 6.54 Å². The first-order valence-electron chi connectivity index (χ1n) is 2.08. The SMILES string of the molecule is NCC=NN=C(N)N. The van der Waals surface area contributed by atoms with E-state index < -0.39 is 0 Å². The highest BCUT2D eigenvalue weighted by molar-refractivity contribution is 5.76. The summed E-state index contributed by atoms with van der Waals surface area (Å²) in [6.07, 6.45) is 1.40. The van der Waals surface area contributed by atoms with E-state index >= 15 is 0 Å². The average molecular weight is 115 g/mol. The normalized spacial score (nSPS) is 9.62. The number of nitrogens with two attached hydrogens (primary N) is 3. The molecule has 0 saturated carbocycles. The Labute approximate surface area is 47.2 Å². The molecule has 0 spiro atoms. The Bertz CT molecular complexity index is 100. The lowest BCUT2D eigenvalue weighted by Crippen LogP contribution is -2.21. The lowest BCUT2D eigenvalue weighted by atomic mass is 10.8. The fraction of sp³-hybridized carbons (Fsp3) is 0.333. The maximum atomic E-state index is 5.01. The Balaban J connectivity index is 3.42. The molecule has 0 atom stereocenters. The molecule has 0 bridgehead atoms. The minimum atomic E-state index is -0.0605. The van der Waals surface area contributed by atoms with Crippen LogP contribution in [0.15, 0.2) is 10.2 Å². The van der Waals surface area contributed by atoms with E-state index in [1.54, 1.807) is 0 Å². The Morgan fingerprint density at radius 2 is 2.12 bits per heavy atom. The van der Waals surface area contributed by atoms with Crippen molar-refractivity contribution in [1.82, 2.24) is 0 Å². The molecule has 0 aromatic rings. The number of hydrogen-bond donors (Lipinski definition) is 3. The van der Waals surface area contributed by atoms with Gasteiger partial charge < -0.3 is 17.2 Å². The molecule has 0 aliphatic heterocycles. The molecule has 46 valence electrons. The van der Waals surface area contributed by atoms with Gasteiger partial charge in [-0.3, -0.25) is 0 Å². The van der Waals surface area contributed by atoms with E-state index in [-0.39, 0.29) is 5.96 Å². The van der Waals surface area contributed by atoms with Crippen molar-refractivity contribution < 1.29 is 0 Å². The topological polar surface area (TPSA) is 103 Å². The van der Waals surface area contributed by atoms with Gasteiger partial charge >= 0.3 is 0 Å². The van der Waals surface area contributed by atoms with Gasteiger partial charge in [-0.05, 0) is 0 Å². The van der Waals surface area contributed by atoms with Crippen LogP contribution >= 0.6 is 0 Å². The minimum absolute atomic E-state index is 0.0605. The van der Waals surface area contributed by atoms with Crippen molar-refractivity contribution in [3.8, 4) is 0 Å². The molecule has 0 saturated heterocycles. The predicted molar refractivity (Wildman–Crippen MR) is 33.4 cm³/mol. The van der Waals surface area contributed by atoms with Crippen molar-refractivity contribution in [3.63, 3.8) is 0 Å². The van der Waals surface area contributed by atoms with Gasteiger partial charge in [0.15, 0.2) is 0 Å². The second kappa shape index (κ2) is 4.07. The Hall–Kier alpha value is -1.10. The van der Waals surface area contributed by atoms with Crippen LogP contribution in [0.2, 0.25) is 0 Å². The van der Waals surface area contributed by atoms with Crippen molar-refractivity contribution in [2.45, 2.75) is 0 Å². The van der Waals surface area contributed by atoms with Crippen LogP contribution in [-0.4, -0.2) is 18.7 Å². The first kappa shape index (κ1) is 6.90. The number of nitrogens with zero attached hydrogens (tertiary/aromatic N) is 2. The van der Waals surface area contributed by atoms with Gasteiger partial charge in [0.2, 0.25) is 5.96 Å². The molecule has 5 heteroatoms. The first-order valence-corrected chi connectivity index (χ1v) is 2.08. The van der Waals surface area contributed by atoms with Gasteiger partial charge in [-0.25, -0.2) is 0 Å². The molecule has 5 nitrogen and oxygen atoms in total. The quantitative estimate of drug-likeness (QED) is 0.225. The summed E-state index contributed by atoms with van der Waals surface area (Å²) in [4.78, 5) is 0. The molecule has 0 radical (unpaired) electrons. The van der Waals surface area contributed by atoms with E-state index in [2.05, 4.69) is 10.2 Å². The summed E-state index contributed by atoms with van der Waals surface area (Å²) < 4.78 is 0. The first-order chi connectivity index (χ1) is 3.77. The van der Waals surface area contributed by atoms with Crippen LogP contribution in [0.4, 0.5) is 0 Å². The van der Waals surface area contributed by atoms with Crippen LogP contribution in [0.3, 0.4) is 0 Å². The van der Waals surface area contributed by atoms with Crippen molar-refractivity contribution in [2.75, 3.05) is 6.54 Å². The summed E-state index contributed by atoms with van der Waals surface area (Å²) in [5, 5.41) is 6.65. The highest BCUT2D eigenvalue weighted by atomic mass is 15.3. The molecule has 0 aliphatic rings. The minimum Gasteiger partial charge on any atom is -0.369 e. The van der Waals surface area contributed by atoms with E-state index in [4.69, 9.17) is 17.2 Å². The molecule has 0 aromatic heterocycles. The zero-order chi connectivity index (χ0) is 6.41. The number of guanidine groups is 1. The molecule has 0 amide bonds. The molecule has 0 aromatic carbocycles. The predicted octanol–water partition coefficient (Wildman–Crippen LogP) is -1.80. The molecule has 0 unspecified atom stereocenters. The van der Waals surface area contributed by atoms with Crippen molar-refractivity contribution >= 4 is 12.2 Å². The van der Waals surface area contributed by atoms with Crippen LogP contribution < -0.4 is 17.2 Å². The second-order valence-corrected chi connectivity index (χ2v) is 1.06. The van der Waals surface area contributed by atoms with Crippen LogP contribution in [0, 0.1) is 0 Å². The van der Waals surface area contributed by atoms with Gasteiger partial charge in [-0.2, -0.15) is 5.10 Å². The Kier molecular flexibility index (Phi) is 3.51. The molecule has 0 rings (SSSR count). The zero-order valence-corrected chi connectivity index (χ0v) is 4.41. The summed E-state index contributed by atoms with van der Waals surface area (Å²) in [5.41, 5.74) is 14.8. The summed E-state index contributed by atoms with van der Waals surface area (Å²) >= 11 is 0. The third-order valence-corrected chi connectivity index (χ3v) is 0.360. The summed E-state index contributed by atoms with van der Waals surface area (Å²) in [6, 6.07) is 0. The van der Waals surface area contributed by atoms with Gasteiger partial charge in [0, 0.05) is 12.8 Å². The van der Waals surface area contributed by atoms with Gasteiger partial charge in [-0.1, -0.05) is 0 Å². The van der Waals surface area contributed by atoms with Gasteiger partial charge in [0.1, 0.15) is 0 Å². The van der Waals surface area contributed by atoms with Crippen molar-refractivity contribution in [3.05, 3.63) is 0 Å². The van der Waals surface area contributed by atoms with Crippen LogP contribution in [0.25, 0.3) is 0 Å². The van der Waals surface area contributed by atoms with Crippen molar-refractivity contribution in [2.24, 2.45) is 27.4 Å². The third kappa shape index (κ3) is 4.90. The van der Waals surface area contributed by atoms with Gasteiger partial charge in [0.25, 0.3) is 0 Å². The van der Waals surface area contributed by atoms with Gasteiger partial charge in [0.05, 0.1) is 0 Å². The smallest absolute Gasteiger partial charge is 0.211 e. The maximum Gasteiger partial charge on any atom is 0.211 e. The molecular formula is C3H9N5. The molecule has 0 aliphatic carbocycles. The monoisotopic (exact) mass is 115 g/mol. The number of rotatable bonds is 2. The Morgan fingerprint density at radius 3 is 2.50 bits per heavy atom. The second-order valence-electron chi connectivity index (χ2n) is 1.06. The summed E-state index contributed by atoms with van der Waals surface area (Å²) in [7, 11) is 0. The Morgan fingerprint density at radius 1 is 1.50 bits per heavy atom. The lowest BCUT2D eigenvalue weighted by molar-refractivity contribution is 1.19. The average Bonchev–Trinajstić information content (AvgIpc) is 1.66. The number of hydrogen-bond acceptors (Lipinski definition) is 3. The standard InChI is InChI=1S/C3H9N5/c4-1-2-7-8-3(5)6/h2H,1,4H2,(H4,5,6,8). The molecule has 0 fully saturated rings. The van der Waals surface area contributed by atoms with E-state index in [0.717, 1.165) is 0 Å². The fourth-order valence-corrected chi connectivity index (χ4v) is 0.155. The highest BCUT2D eigenvalue weighted by Gasteiger charge is 1.69. The highest BCUT2D eigenvalue weighted by Crippen LogP contribution is 1.62. The van der Waals surface area contributed by atoms with E-state index in [9.17, 15) is 0 Å². The molecule has 8 heavy (non-hydrogen) atoms. The zero-order valence-electron chi connectivity index (χ0n) is 4.41. The molecular weight excluding hydrogens is 106 g/mol.